The zero-order valence-corrected chi connectivity index (χ0v) is 13.6. The molecule has 0 fully saturated rings. The number of hydrogen-bond donors (Lipinski definition) is 0. The summed E-state index contributed by atoms with van der Waals surface area (Å²) in [4.78, 5) is 12.3. The number of nitro benzene ring substituents is 1. The second kappa shape index (κ2) is 6.10. The van der Waals surface area contributed by atoms with Crippen molar-refractivity contribution in [2.45, 2.75) is 6.92 Å². The number of benzene rings is 2. The van der Waals surface area contributed by atoms with E-state index >= 15 is 0 Å². The van der Waals surface area contributed by atoms with Crippen molar-refractivity contribution in [2.75, 3.05) is 0 Å². The standard InChI is InChI=1S/C17H11ClFNO2S/c1-10-8-16(14-7-6-13(20(21)22)9-15(14)18)23-17(10)11-2-4-12(19)5-3-11/h2-9H,1H3. The summed E-state index contributed by atoms with van der Waals surface area (Å²) < 4.78 is 13.1. The van der Waals surface area contributed by atoms with Gasteiger partial charge in [-0.15, -0.1) is 11.3 Å². The van der Waals surface area contributed by atoms with Gasteiger partial charge in [-0.2, -0.15) is 0 Å². The van der Waals surface area contributed by atoms with Gasteiger partial charge in [0.1, 0.15) is 5.82 Å². The highest BCUT2D eigenvalue weighted by molar-refractivity contribution is 7.19. The molecule has 0 aliphatic heterocycles. The monoisotopic (exact) mass is 347 g/mol. The number of hydrogen-bond acceptors (Lipinski definition) is 3. The fourth-order valence-electron chi connectivity index (χ4n) is 2.32. The maximum atomic E-state index is 13.1. The van der Waals surface area contributed by atoms with Gasteiger partial charge >= 0.3 is 0 Å². The minimum Gasteiger partial charge on any atom is -0.258 e. The van der Waals surface area contributed by atoms with Crippen LogP contribution in [0.3, 0.4) is 0 Å². The average Bonchev–Trinajstić information content (AvgIpc) is 2.89. The second-order valence-corrected chi connectivity index (χ2v) is 6.51. The van der Waals surface area contributed by atoms with Crippen LogP contribution in [0.1, 0.15) is 5.56 Å². The lowest BCUT2D eigenvalue weighted by Gasteiger charge is -2.01. The van der Waals surface area contributed by atoms with Crippen LogP contribution in [-0.4, -0.2) is 4.92 Å². The summed E-state index contributed by atoms with van der Waals surface area (Å²) in [7, 11) is 0. The lowest BCUT2D eigenvalue weighted by Crippen LogP contribution is -1.87. The fourth-order valence-corrected chi connectivity index (χ4v) is 3.87. The molecule has 116 valence electrons. The number of halogens is 2. The van der Waals surface area contributed by atoms with Crippen molar-refractivity contribution < 1.29 is 9.31 Å². The van der Waals surface area contributed by atoms with E-state index in [1.165, 1.54) is 35.6 Å². The first-order valence-electron chi connectivity index (χ1n) is 6.76. The Kier molecular flexibility index (Phi) is 4.15. The topological polar surface area (TPSA) is 43.1 Å². The molecule has 0 amide bonds. The van der Waals surface area contributed by atoms with Gasteiger partial charge in [0.15, 0.2) is 0 Å². The number of thiophene rings is 1. The number of non-ortho nitro benzene ring substituents is 1. The van der Waals surface area contributed by atoms with Crippen LogP contribution in [0.4, 0.5) is 10.1 Å². The van der Waals surface area contributed by atoms with Crippen LogP contribution in [0.5, 0.6) is 0 Å². The number of nitrogens with zero attached hydrogens (tertiary/aromatic N) is 1. The SMILES string of the molecule is Cc1cc(-c2ccc([N+](=O)[O-])cc2Cl)sc1-c1ccc(F)cc1. The summed E-state index contributed by atoms with van der Waals surface area (Å²) in [5, 5.41) is 11.1. The number of rotatable bonds is 3. The molecule has 0 unspecified atom stereocenters. The highest BCUT2D eigenvalue weighted by Crippen LogP contribution is 2.41. The van der Waals surface area contributed by atoms with Crippen molar-refractivity contribution in [3.8, 4) is 20.9 Å². The molecule has 0 aliphatic carbocycles. The van der Waals surface area contributed by atoms with Crippen LogP contribution in [0.25, 0.3) is 20.9 Å². The molecule has 0 atom stereocenters. The predicted molar refractivity (Wildman–Crippen MR) is 91.6 cm³/mol. The molecule has 3 nitrogen and oxygen atoms in total. The zero-order valence-electron chi connectivity index (χ0n) is 12.0. The molecule has 0 spiro atoms. The molecule has 1 aromatic heterocycles. The molecule has 0 aliphatic rings. The quantitative estimate of drug-likeness (QED) is 0.425. The third kappa shape index (κ3) is 3.11. The Labute approximate surface area is 141 Å². The molecular weight excluding hydrogens is 337 g/mol. The smallest absolute Gasteiger partial charge is 0.258 e. The Morgan fingerprint density at radius 1 is 1.13 bits per heavy atom. The summed E-state index contributed by atoms with van der Waals surface area (Å²) in [6.07, 6.45) is 0. The Hall–Kier alpha value is -2.24. The highest BCUT2D eigenvalue weighted by Gasteiger charge is 2.15. The van der Waals surface area contributed by atoms with Gasteiger partial charge in [0.05, 0.1) is 9.95 Å². The fraction of sp³-hybridized carbons (Fsp3) is 0.0588. The maximum Gasteiger partial charge on any atom is 0.270 e. The first-order chi connectivity index (χ1) is 11.0. The van der Waals surface area contributed by atoms with Gasteiger partial charge in [0.25, 0.3) is 5.69 Å². The molecule has 0 saturated heterocycles. The van der Waals surface area contributed by atoms with E-state index in [1.807, 2.05) is 13.0 Å². The van der Waals surface area contributed by atoms with E-state index < -0.39 is 4.92 Å². The molecule has 2 aromatic carbocycles. The average molecular weight is 348 g/mol. The van der Waals surface area contributed by atoms with Crippen LogP contribution in [0, 0.1) is 22.9 Å². The molecule has 0 radical (unpaired) electrons. The first kappa shape index (κ1) is 15.6. The lowest BCUT2D eigenvalue weighted by molar-refractivity contribution is -0.384. The van der Waals surface area contributed by atoms with Crippen LogP contribution in [0.2, 0.25) is 5.02 Å². The zero-order chi connectivity index (χ0) is 16.6. The van der Waals surface area contributed by atoms with Crippen molar-refractivity contribution in [3.05, 3.63) is 75.0 Å². The van der Waals surface area contributed by atoms with Crippen molar-refractivity contribution >= 4 is 28.6 Å². The Morgan fingerprint density at radius 3 is 2.43 bits per heavy atom. The van der Waals surface area contributed by atoms with Crippen LogP contribution in [0.15, 0.2) is 48.5 Å². The summed E-state index contributed by atoms with van der Waals surface area (Å²) in [5.41, 5.74) is 2.69. The molecule has 3 rings (SSSR count). The summed E-state index contributed by atoms with van der Waals surface area (Å²) in [6.45, 7) is 1.97. The van der Waals surface area contributed by atoms with Gasteiger partial charge in [-0.1, -0.05) is 23.7 Å². The molecule has 23 heavy (non-hydrogen) atoms. The number of aryl methyl sites for hydroxylation is 1. The van der Waals surface area contributed by atoms with Gasteiger partial charge in [-0.05, 0) is 42.3 Å². The third-order valence-electron chi connectivity index (χ3n) is 3.45. The predicted octanol–water partition coefficient (Wildman–Crippen LogP) is 6.09. The molecule has 0 saturated carbocycles. The molecular formula is C17H11ClFNO2S. The molecule has 3 aromatic rings. The highest BCUT2D eigenvalue weighted by atomic mass is 35.5. The summed E-state index contributed by atoms with van der Waals surface area (Å²) >= 11 is 7.71. The van der Waals surface area contributed by atoms with E-state index in [0.717, 1.165) is 26.4 Å². The minimum absolute atomic E-state index is 0.0363. The van der Waals surface area contributed by atoms with Gasteiger partial charge in [-0.25, -0.2) is 4.39 Å². The second-order valence-electron chi connectivity index (χ2n) is 5.05. The molecule has 6 heteroatoms. The van der Waals surface area contributed by atoms with Gasteiger partial charge < -0.3 is 0 Å². The Morgan fingerprint density at radius 2 is 1.83 bits per heavy atom. The summed E-state index contributed by atoms with van der Waals surface area (Å²) in [6, 6.07) is 12.7. The van der Waals surface area contributed by atoms with E-state index in [2.05, 4.69) is 0 Å². The number of nitro groups is 1. The summed E-state index contributed by atoms with van der Waals surface area (Å²) in [5.74, 6) is -0.276. The van der Waals surface area contributed by atoms with Gasteiger partial charge in [0.2, 0.25) is 0 Å². The molecule has 1 heterocycles. The van der Waals surface area contributed by atoms with Crippen LogP contribution in [-0.2, 0) is 0 Å². The normalized spacial score (nSPS) is 10.7. The Bertz CT molecular complexity index is 890. The maximum absolute atomic E-state index is 13.1. The minimum atomic E-state index is -0.473. The van der Waals surface area contributed by atoms with E-state index in [9.17, 15) is 14.5 Å². The molecule has 0 bridgehead atoms. The van der Waals surface area contributed by atoms with E-state index in [4.69, 9.17) is 11.6 Å². The van der Waals surface area contributed by atoms with Crippen LogP contribution < -0.4 is 0 Å². The van der Waals surface area contributed by atoms with E-state index in [0.29, 0.717) is 5.02 Å². The van der Waals surface area contributed by atoms with Crippen LogP contribution >= 0.6 is 22.9 Å². The van der Waals surface area contributed by atoms with Crippen molar-refractivity contribution in [3.63, 3.8) is 0 Å². The largest absolute Gasteiger partial charge is 0.270 e. The van der Waals surface area contributed by atoms with E-state index in [-0.39, 0.29) is 11.5 Å². The van der Waals surface area contributed by atoms with Crippen molar-refractivity contribution in [1.82, 2.24) is 0 Å². The van der Waals surface area contributed by atoms with Gasteiger partial charge in [0, 0.05) is 27.5 Å². The van der Waals surface area contributed by atoms with Crippen molar-refractivity contribution in [2.24, 2.45) is 0 Å². The third-order valence-corrected chi connectivity index (χ3v) is 5.09. The molecule has 0 N–H and O–H groups in total. The van der Waals surface area contributed by atoms with E-state index in [1.54, 1.807) is 18.2 Å². The Balaban J connectivity index is 2.04. The lowest BCUT2D eigenvalue weighted by atomic mass is 10.1. The first-order valence-corrected chi connectivity index (χ1v) is 7.96. The van der Waals surface area contributed by atoms with Gasteiger partial charge in [-0.3, -0.25) is 10.1 Å². The van der Waals surface area contributed by atoms with Crippen molar-refractivity contribution in [1.29, 1.82) is 0 Å².